The van der Waals surface area contributed by atoms with Crippen LogP contribution < -0.4 is 19.5 Å². The molecule has 50 heavy (non-hydrogen) atoms. The van der Waals surface area contributed by atoms with Crippen molar-refractivity contribution >= 4 is 33.9 Å². The summed E-state index contributed by atoms with van der Waals surface area (Å²) in [6, 6.07) is 18.8. The van der Waals surface area contributed by atoms with Gasteiger partial charge in [0.15, 0.2) is 6.61 Å². The summed E-state index contributed by atoms with van der Waals surface area (Å²) in [6.45, 7) is 9.95. The second kappa shape index (κ2) is 18.2. The Bertz CT molecular complexity index is 1750. The Balaban J connectivity index is 1.79. The van der Waals surface area contributed by atoms with Crippen LogP contribution >= 0.6 is 0 Å². The van der Waals surface area contributed by atoms with E-state index in [1.807, 2.05) is 62.4 Å². The van der Waals surface area contributed by atoms with Crippen LogP contribution in [0, 0.1) is 10.8 Å². The zero-order valence-electron chi connectivity index (χ0n) is 29.2. The number of ether oxygens (including phenoxy) is 5. The molecule has 0 aliphatic rings. The minimum absolute atomic E-state index is 0.0225. The number of amides is 1. The van der Waals surface area contributed by atoms with Crippen LogP contribution in [0.1, 0.15) is 69.7 Å². The first kappa shape index (κ1) is 39.5. The Morgan fingerprint density at radius 3 is 2.26 bits per heavy atom. The van der Waals surface area contributed by atoms with Crippen LogP contribution in [0.4, 0.5) is 4.79 Å². The van der Waals surface area contributed by atoms with Crippen LogP contribution in [0.3, 0.4) is 0 Å². The van der Waals surface area contributed by atoms with Crippen LogP contribution in [0.15, 0.2) is 71.6 Å². The van der Waals surface area contributed by atoms with Crippen molar-refractivity contribution in [2.24, 2.45) is 5.41 Å². The molecule has 13 nitrogen and oxygen atoms in total. The van der Waals surface area contributed by atoms with Gasteiger partial charge in [-0.3, -0.25) is 15.5 Å². The molecule has 0 spiro atoms. The lowest BCUT2D eigenvalue weighted by molar-refractivity contribution is -0.161. The van der Waals surface area contributed by atoms with E-state index in [9.17, 15) is 22.8 Å². The topological polar surface area (TPSA) is 179 Å². The number of amidine groups is 1. The molecule has 0 saturated carbocycles. The molecule has 0 heterocycles. The van der Waals surface area contributed by atoms with Crippen molar-refractivity contribution in [1.82, 2.24) is 10.0 Å². The van der Waals surface area contributed by atoms with Crippen LogP contribution in [0.2, 0.25) is 0 Å². The highest BCUT2D eigenvalue weighted by Crippen LogP contribution is 2.28. The van der Waals surface area contributed by atoms with E-state index in [0.29, 0.717) is 11.3 Å². The highest BCUT2D eigenvalue weighted by Gasteiger charge is 2.25. The number of nitrogens with one attached hydrogen (secondary N) is 3. The average molecular weight is 712 g/mol. The molecule has 0 atom stereocenters. The largest absolute Gasteiger partial charge is 0.487 e. The van der Waals surface area contributed by atoms with Crippen molar-refractivity contribution in [2.75, 3.05) is 26.6 Å². The van der Waals surface area contributed by atoms with E-state index >= 15 is 0 Å². The zero-order chi connectivity index (χ0) is 36.9. The third-order valence-corrected chi connectivity index (χ3v) is 8.56. The molecule has 3 aromatic carbocycles. The number of hydrogen-bond donors (Lipinski definition) is 3. The van der Waals surface area contributed by atoms with Gasteiger partial charge in [-0.1, -0.05) is 56.3 Å². The Hall–Kier alpha value is -4.95. The first-order valence-corrected chi connectivity index (χ1v) is 17.5. The predicted octanol–water partition coefficient (Wildman–Crippen LogP) is 5.45. The fraction of sp³-hybridized carbons (Fsp3) is 0.389. The minimum atomic E-state index is -4.24. The molecule has 3 aromatic rings. The van der Waals surface area contributed by atoms with Crippen molar-refractivity contribution in [2.45, 2.75) is 65.4 Å². The van der Waals surface area contributed by atoms with Crippen molar-refractivity contribution < 1.29 is 46.5 Å². The lowest BCUT2D eigenvalue weighted by Crippen LogP contribution is -2.33. The fourth-order valence-electron chi connectivity index (χ4n) is 4.30. The minimum Gasteiger partial charge on any atom is -0.487 e. The molecule has 0 bridgehead atoms. The van der Waals surface area contributed by atoms with Crippen molar-refractivity contribution in [3.63, 3.8) is 0 Å². The van der Waals surface area contributed by atoms with E-state index in [0.717, 1.165) is 11.1 Å². The summed E-state index contributed by atoms with van der Waals surface area (Å²) in [7, 11) is -4.24. The fourth-order valence-corrected chi connectivity index (χ4v) is 5.50. The summed E-state index contributed by atoms with van der Waals surface area (Å²) in [5.41, 5.74) is 1.70. The molecule has 0 aromatic heterocycles. The Morgan fingerprint density at radius 1 is 0.880 bits per heavy atom. The summed E-state index contributed by atoms with van der Waals surface area (Å²) in [6.07, 6.45) is -0.855. The molecule has 3 rings (SSSR count). The van der Waals surface area contributed by atoms with Gasteiger partial charge in [-0.2, -0.15) is 0 Å². The molecule has 0 aliphatic heterocycles. The molecule has 0 saturated heterocycles. The Kier molecular flexibility index (Phi) is 14.3. The number of carbonyl (C=O) groups is 3. The maximum absolute atomic E-state index is 13.7. The quantitative estimate of drug-likeness (QED) is 0.0749. The predicted molar refractivity (Wildman–Crippen MR) is 186 cm³/mol. The molecule has 0 aliphatic carbocycles. The summed E-state index contributed by atoms with van der Waals surface area (Å²) in [4.78, 5) is 35.9. The van der Waals surface area contributed by atoms with Crippen molar-refractivity contribution in [3.05, 3.63) is 89.0 Å². The highest BCUT2D eigenvalue weighted by molar-refractivity contribution is 7.89. The lowest BCUT2D eigenvalue weighted by atomic mass is 9.98. The molecule has 0 fully saturated rings. The van der Waals surface area contributed by atoms with E-state index in [-0.39, 0.29) is 54.9 Å². The van der Waals surface area contributed by atoms with Gasteiger partial charge in [0, 0.05) is 12.1 Å². The maximum atomic E-state index is 13.7. The molecule has 0 radical (unpaired) electrons. The summed E-state index contributed by atoms with van der Waals surface area (Å²) < 4.78 is 56.5. The van der Waals surface area contributed by atoms with Crippen LogP contribution in [0.25, 0.3) is 0 Å². The van der Waals surface area contributed by atoms with Crippen LogP contribution in [0.5, 0.6) is 11.5 Å². The Labute approximate surface area is 293 Å². The molecular weight excluding hydrogens is 666 g/mol. The number of carbonyl (C=O) groups excluding carboxylic acids is 3. The summed E-state index contributed by atoms with van der Waals surface area (Å²) >= 11 is 0. The van der Waals surface area contributed by atoms with Gasteiger partial charge in [-0.05, 0) is 81.0 Å². The Morgan fingerprint density at radius 2 is 1.60 bits per heavy atom. The smallest absolute Gasteiger partial charge is 0.415 e. The second-order valence-corrected chi connectivity index (χ2v) is 14.2. The third kappa shape index (κ3) is 12.2. The zero-order valence-corrected chi connectivity index (χ0v) is 30.0. The standard InChI is InChI=1S/C36H45N3O10S/c1-7-45-32(40)22-47-30-19-27(24(2)3)14-13-26(30)17-18-38-50(43,44)31-20-28(15-16-29(31)46-21-25-11-9-8-10-12-25)33(37)39-35(42)49-23-48-34(41)36(4,5)6/h8-16,19-20,24,38H,7,17-18,21-23H2,1-6H3,(H2,37,39,42). The number of hydrogen-bond acceptors (Lipinski definition) is 11. The second-order valence-electron chi connectivity index (χ2n) is 12.4. The molecule has 270 valence electrons. The van der Waals surface area contributed by atoms with Gasteiger partial charge in [-0.15, -0.1) is 0 Å². The number of rotatable bonds is 16. The van der Waals surface area contributed by atoms with E-state index < -0.39 is 46.1 Å². The number of alkyl carbamates (subject to hydrolysis) is 1. The molecule has 1 amide bonds. The molecule has 14 heteroatoms. The monoisotopic (exact) mass is 711 g/mol. The van der Waals surface area contributed by atoms with Crippen LogP contribution in [-0.4, -0.2) is 58.8 Å². The highest BCUT2D eigenvalue weighted by atomic mass is 32.2. The van der Waals surface area contributed by atoms with Gasteiger partial charge in [0.05, 0.1) is 12.0 Å². The van der Waals surface area contributed by atoms with Gasteiger partial charge in [0.1, 0.15) is 28.8 Å². The normalized spacial score (nSPS) is 11.4. The van der Waals surface area contributed by atoms with Gasteiger partial charge in [0.2, 0.25) is 16.8 Å². The number of esters is 2. The van der Waals surface area contributed by atoms with Gasteiger partial charge >= 0.3 is 18.0 Å². The van der Waals surface area contributed by atoms with Gasteiger partial charge in [-0.25, -0.2) is 22.7 Å². The van der Waals surface area contributed by atoms with Gasteiger partial charge in [0.25, 0.3) is 0 Å². The number of benzene rings is 3. The molecule has 3 N–H and O–H groups in total. The summed E-state index contributed by atoms with van der Waals surface area (Å²) in [5, 5.41) is 10.6. The lowest BCUT2D eigenvalue weighted by Gasteiger charge is -2.17. The van der Waals surface area contributed by atoms with Crippen molar-refractivity contribution in [3.8, 4) is 11.5 Å². The van der Waals surface area contributed by atoms with E-state index in [1.165, 1.54) is 18.2 Å². The van der Waals surface area contributed by atoms with E-state index in [4.69, 9.17) is 29.1 Å². The van der Waals surface area contributed by atoms with E-state index in [2.05, 4.69) is 10.0 Å². The first-order chi connectivity index (χ1) is 23.6. The first-order valence-electron chi connectivity index (χ1n) is 16.0. The van der Waals surface area contributed by atoms with Gasteiger partial charge < -0.3 is 23.7 Å². The van der Waals surface area contributed by atoms with E-state index in [1.54, 1.807) is 27.7 Å². The van der Waals surface area contributed by atoms with Crippen LogP contribution in [-0.2, 0) is 46.9 Å². The molecule has 0 unspecified atom stereocenters. The third-order valence-electron chi connectivity index (χ3n) is 7.07. The van der Waals surface area contributed by atoms with Crippen molar-refractivity contribution in [1.29, 1.82) is 5.41 Å². The average Bonchev–Trinajstić information content (AvgIpc) is 3.06. The number of sulfonamides is 1. The summed E-state index contributed by atoms with van der Waals surface area (Å²) in [5.74, 6) is -0.908. The maximum Gasteiger partial charge on any atom is 0.415 e. The SMILES string of the molecule is CCOC(=O)COc1cc(C(C)C)ccc1CCNS(=O)(=O)c1cc(C(=N)NC(=O)OCOC(=O)C(C)(C)C)ccc1OCc1ccccc1. The molecular formula is C36H45N3O10S.